The summed E-state index contributed by atoms with van der Waals surface area (Å²) in [5, 5.41) is 47.1. The Bertz CT molecular complexity index is 1090. The number of hydrogen-bond donors (Lipinski definition) is 12. The third kappa shape index (κ3) is 19.6. The molecule has 0 rings (SSSR count). The van der Waals surface area contributed by atoms with Crippen LogP contribution in [0.25, 0.3) is 0 Å². The Balaban J connectivity index is 6.00. The minimum atomic E-state index is -1.57. The lowest BCUT2D eigenvalue weighted by Crippen LogP contribution is -2.58. The molecule has 0 aliphatic rings. The number of rotatable bonds is 25. The normalized spacial score (nSPS) is 14.1. The number of unbranched alkanes of at least 4 members (excludes halogenated alkanes) is 1. The predicted molar refractivity (Wildman–Crippen MR) is 169 cm³/mol. The molecule has 0 aliphatic carbocycles. The Morgan fingerprint density at radius 3 is 1.62 bits per heavy atom. The number of nitrogens with one attached hydrogen (secondary N) is 6. The Morgan fingerprint density at radius 2 is 1.13 bits per heavy atom. The standard InChI is InChI=1S/C28H51N9O10/c1-15(2)14-20(37-25(44)18(8-10-21(38)39)34-23(42)16(30)6-3-4-12-29)26(45)35-17(7-5-13-33-28(31)32)24(43)36-19(27(46)47)9-11-22(40)41/h15-20H,3-14,29-30H2,1-2H3,(H,34,42)(H,35,45)(H,36,43)(H,37,44)(H,38,39)(H,40,41)(H,46,47)(H4,31,32,33)/t16-,17+,18+,19-,20+/m1/s1. The summed E-state index contributed by atoms with van der Waals surface area (Å²) >= 11 is 0. The van der Waals surface area contributed by atoms with E-state index >= 15 is 0 Å². The van der Waals surface area contributed by atoms with Crippen molar-refractivity contribution in [3.8, 4) is 0 Å². The summed E-state index contributed by atoms with van der Waals surface area (Å²) in [7, 11) is 0. The van der Waals surface area contributed by atoms with Crippen LogP contribution in [0.15, 0.2) is 0 Å². The second-order valence-electron chi connectivity index (χ2n) is 11.5. The van der Waals surface area contributed by atoms with Crippen molar-refractivity contribution in [2.45, 2.75) is 108 Å². The summed E-state index contributed by atoms with van der Waals surface area (Å²) in [6.45, 7) is 4.05. The SMILES string of the molecule is CC(C)C[C@H](NC(=O)[C@H](CCC(=O)O)NC(=O)[C@H](N)CCCCN)C(=O)N[C@@H](CCCNC(=N)N)C(=O)N[C@H](CCC(=O)O)C(=O)O. The van der Waals surface area contributed by atoms with Gasteiger partial charge in [0.25, 0.3) is 0 Å². The van der Waals surface area contributed by atoms with Crippen LogP contribution in [0.2, 0.25) is 0 Å². The lowest BCUT2D eigenvalue weighted by molar-refractivity contribution is -0.143. The van der Waals surface area contributed by atoms with Gasteiger partial charge in [0.1, 0.15) is 24.2 Å². The van der Waals surface area contributed by atoms with Crippen LogP contribution < -0.4 is 43.8 Å². The number of guanidine groups is 1. The highest BCUT2D eigenvalue weighted by molar-refractivity contribution is 5.95. The quantitative estimate of drug-likeness (QED) is 0.0271. The maximum absolute atomic E-state index is 13.5. The zero-order valence-electron chi connectivity index (χ0n) is 26.9. The van der Waals surface area contributed by atoms with E-state index in [0.29, 0.717) is 19.4 Å². The van der Waals surface area contributed by atoms with Crippen LogP contribution in [0.5, 0.6) is 0 Å². The number of hydrogen-bond acceptors (Lipinski definition) is 10. The molecule has 4 amide bonds. The van der Waals surface area contributed by atoms with E-state index in [-0.39, 0.29) is 50.5 Å². The third-order valence-electron chi connectivity index (χ3n) is 6.81. The highest BCUT2D eigenvalue weighted by Gasteiger charge is 2.32. The summed E-state index contributed by atoms with van der Waals surface area (Å²) < 4.78 is 0. The van der Waals surface area contributed by atoms with E-state index < -0.39 is 91.0 Å². The zero-order valence-corrected chi connectivity index (χ0v) is 26.9. The maximum Gasteiger partial charge on any atom is 0.326 e. The predicted octanol–water partition coefficient (Wildman–Crippen LogP) is -2.49. The van der Waals surface area contributed by atoms with Crippen LogP contribution in [-0.4, -0.2) is 106 Å². The molecule has 0 aromatic rings. The molecule has 268 valence electrons. The van der Waals surface area contributed by atoms with Gasteiger partial charge in [0.05, 0.1) is 6.04 Å². The number of carboxylic acid groups (broad SMARTS) is 3. The molecule has 19 heteroatoms. The fourth-order valence-electron chi connectivity index (χ4n) is 4.30. The molecule has 15 N–H and O–H groups in total. The van der Waals surface area contributed by atoms with Crippen molar-refractivity contribution in [3.63, 3.8) is 0 Å². The van der Waals surface area contributed by atoms with E-state index in [1.54, 1.807) is 13.8 Å². The fourth-order valence-corrected chi connectivity index (χ4v) is 4.30. The van der Waals surface area contributed by atoms with Crippen LogP contribution in [0.4, 0.5) is 0 Å². The first-order valence-corrected chi connectivity index (χ1v) is 15.4. The van der Waals surface area contributed by atoms with Crippen LogP contribution in [0.3, 0.4) is 0 Å². The van der Waals surface area contributed by atoms with Gasteiger partial charge >= 0.3 is 17.9 Å². The molecule has 19 nitrogen and oxygen atoms in total. The molecule has 0 aromatic heterocycles. The van der Waals surface area contributed by atoms with Gasteiger partial charge in [0.2, 0.25) is 23.6 Å². The number of carbonyl (C=O) groups is 7. The van der Waals surface area contributed by atoms with Crippen LogP contribution in [-0.2, 0) is 33.6 Å². The van der Waals surface area contributed by atoms with E-state index in [1.807, 2.05) is 0 Å². The molecule has 0 aromatic carbocycles. The largest absolute Gasteiger partial charge is 0.481 e. The van der Waals surface area contributed by atoms with E-state index in [2.05, 4.69) is 26.6 Å². The van der Waals surface area contributed by atoms with E-state index in [0.717, 1.165) is 0 Å². The van der Waals surface area contributed by atoms with Gasteiger partial charge in [0.15, 0.2) is 5.96 Å². The summed E-state index contributed by atoms with van der Waals surface area (Å²) in [4.78, 5) is 86.5. The number of carbonyl (C=O) groups excluding carboxylic acids is 4. The van der Waals surface area contributed by atoms with Gasteiger partial charge in [-0.25, -0.2) is 4.79 Å². The Kier molecular flexibility index (Phi) is 20.7. The summed E-state index contributed by atoms with van der Waals surface area (Å²) in [5.74, 6) is -7.80. The molecule has 0 fully saturated rings. The minimum Gasteiger partial charge on any atom is -0.481 e. The van der Waals surface area contributed by atoms with Gasteiger partial charge in [-0.1, -0.05) is 20.3 Å². The first-order valence-electron chi connectivity index (χ1n) is 15.4. The molecule has 0 spiro atoms. The van der Waals surface area contributed by atoms with Gasteiger partial charge in [0, 0.05) is 19.4 Å². The van der Waals surface area contributed by atoms with Gasteiger partial charge in [-0.15, -0.1) is 0 Å². The van der Waals surface area contributed by atoms with E-state index in [4.69, 9.17) is 27.7 Å². The van der Waals surface area contributed by atoms with Crippen molar-refractivity contribution in [3.05, 3.63) is 0 Å². The molecule has 0 unspecified atom stereocenters. The summed E-state index contributed by atoms with van der Waals surface area (Å²) in [6, 6.07) is -6.52. The zero-order chi connectivity index (χ0) is 36.1. The van der Waals surface area contributed by atoms with Crippen molar-refractivity contribution in [2.24, 2.45) is 23.1 Å². The van der Waals surface area contributed by atoms with Gasteiger partial charge < -0.3 is 59.1 Å². The van der Waals surface area contributed by atoms with Crippen molar-refractivity contribution >= 4 is 47.5 Å². The molecule has 0 saturated heterocycles. The highest BCUT2D eigenvalue weighted by atomic mass is 16.4. The number of nitrogens with two attached hydrogens (primary N) is 3. The van der Waals surface area contributed by atoms with Crippen molar-refractivity contribution < 1.29 is 48.9 Å². The average Bonchev–Trinajstić information content (AvgIpc) is 2.97. The van der Waals surface area contributed by atoms with Crippen molar-refractivity contribution in [2.75, 3.05) is 13.1 Å². The number of amides is 4. The summed E-state index contributed by atoms with van der Waals surface area (Å²) in [6.07, 6.45) is -0.115. The summed E-state index contributed by atoms with van der Waals surface area (Å²) in [5.41, 5.74) is 16.7. The monoisotopic (exact) mass is 673 g/mol. The molecule has 0 aliphatic heterocycles. The highest BCUT2D eigenvalue weighted by Crippen LogP contribution is 2.10. The van der Waals surface area contributed by atoms with Gasteiger partial charge in [-0.2, -0.15) is 0 Å². The van der Waals surface area contributed by atoms with Gasteiger partial charge in [-0.3, -0.25) is 34.2 Å². The second kappa shape index (κ2) is 22.9. The Hall–Kier alpha value is -4.52. The molecule has 0 bridgehead atoms. The molecular weight excluding hydrogens is 622 g/mol. The second-order valence-corrected chi connectivity index (χ2v) is 11.5. The minimum absolute atomic E-state index is 0.0619. The van der Waals surface area contributed by atoms with Crippen molar-refractivity contribution in [1.29, 1.82) is 5.41 Å². The van der Waals surface area contributed by atoms with Crippen LogP contribution in [0.1, 0.15) is 78.1 Å². The fraction of sp³-hybridized carbons (Fsp3) is 0.714. The lowest BCUT2D eigenvalue weighted by Gasteiger charge is -2.27. The average molecular weight is 674 g/mol. The molecule has 0 heterocycles. The maximum atomic E-state index is 13.5. The van der Waals surface area contributed by atoms with E-state index in [1.165, 1.54) is 0 Å². The smallest absolute Gasteiger partial charge is 0.326 e. The number of aliphatic carboxylic acids is 3. The third-order valence-corrected chi connectivity index (χ3v) is 6.81. The topological polar surface area (TPSA) is 342 Å². The van der Waals surface area contributed by atoms with Crippen LogP contribution in [0, 0.1) is 11.3 Å². The van der Waals surface area contributed by atoms with E-state index in [9.17, 15) is 43.8 Å². The molecule has 47 heavy (non-hydrogen) atoms. The van der Waals surface area contributed by atoms with Crippen molar-refractivity contribution in [1.82, 2.24) is 26.6 Å². The molecule has 5 atom stereocenters. The molecule has 0 radical (unpaired) electrons. The Morgan fingerprint density at radius 1 is 0.660 bits per heavy atom. The first kappa shape index (κ1) is 42.5. The molecular formula is C28H51N9O10. The Labute approximate surface area is 273 Å². The number of carboxylic acids is 3. The first-order chi connectivity index (χ1) is 22.0. The van der Waals surface area contributed by atoms with Gasteiger partial charge in [-0.05, 0) is 57.4 Å². The lowest BCUT2D eigenvalue weighted by atomic mass is 10.0. The molecule has 0 saturated carbocycles. The van der Waals surface area contributed by atoms with Crippen LogP contribution >= 0.6 is 0 Å².